The fraction of sp³-hybridized carbons (Fsp3) is 0.455. The van der Waals surface area contributed by atoms with Crippen LogP contribution in [0.15, 0.2) is 18.5 Å². The van der Waals surface area contributed by atoms with Gasteiger partial charge in [-0.1, -0.05) is 20.3 Å². The SMILES string of the molecule is CCCC(C)c1[nH]nc2cnccc12. The van der Waals surface area contributed by atoms with Crippen LogP contribution in [0.3, 0.4) is 0 Å². The maximum Gasteiger partial charge on any atom is 0.111 e. The molecular formula is C11H15N3. The molecule has 0 saturated carbocycles. The van der Waals surface area contributed by atoms with Crippen LogP contribution in [-0.2, 0) is 0 Å². The summed E-state index contributed by atoms with van der Waals surface area (Å²) in [5.74, 6) is 0.549. The first-order valence-corrected chi connectivity index (χ1v) is 5.11. The average molecular weight is 189 g/mol. The van der Waals surface area contributed by atoms with E-state index in [0.29, 0.717) is 5.92 Å². The van der Waals surface area contributed by atoms with Crippen LogP contribution < -0.4 is 0 Å². The lowest BCUT2D eigenvalue weighted by Gasteiger charge is -2.07. The van der Waals surface area contributed by atoms with E-state index in [2.05, 4.69) is 29.0 Å². The lowest BCUT2D eigenvalue weighted by Crippen LogP contribution is -1.93. The first kappa shape index (κ1) is 9.19. The molecule has 2 aromatic heterocycles. The van der Waals surface area contributed by atoms with Crippen LogP contribution >= 0.6 is 0 Å². The third kappa shape index (κ3) is 1.50. The zero-order chi connectivity index (χ0) is 9.97. The number of hydrogen-bond acceptors (Lipinski definition) is 2. The number of nitrogens with one attached hydrogen (secondary N) is 1. The van der Waals surface area contributed by atoms with E-state index >= 15 is 0 Å². The Labute approximate surface area is 83.6 Å². The van der Waals surface area contributed by atoms with E-state index in [-0.39, 0.29) is 0 Å². The number of nitrogens with zero attached hydrogens (tertiary/aromatic N) is 2. The van der Waals surface area contributed by atoms with Crippen molar-refractivity contribution in [3.63, 3.8) is 0 Å². The average Bonchev–Trinajstić information content (AvgIpc) is 2.61. The molecule has 1 atom stereocenters. The number of rotatable bonds is 3. The number of pyridine rings is 1. The first-order valence-electron chi connectivity index (χ1n) is 5.11. The molecule has 14 heavy (non-hydrogen) atoms. The normalized spacial score (nSPS) is 13.3. The number of fused-ring (bicyclic) bond motifs is 1. The van der Waals surface area contributed by atoms with Gasteiger partial charge in [0.25, 0.3) is 0 Å². The van der Waals surface area contributed by atoms with Crippen LogP contribution in [0.5, 0.6) is 0 Å². The van der Waals surface area contributed by atoms with E-state index in [1.807, 2.05) is 12.3 Å². The summed E-state index contributed by atoms with van der Waals surface area (Å²) >= 11 is 0. The van der Waals surface area contributed by atoms with Gasteiger partial charge in [-0.15, -0.1) is 0 Å². The fourth-order valence-corrected chi connectivity index (χ4v) is 1.84. The van der Waals surface area contributed by atoms with Crippen LogP contribution in [0.2, 0.25) is 0 Å². The highest BCUT2D eigenvalue weighted by Crippen LogP contribution is 2.25. The lowest BCUT2D eigenvalue weighted by atomic mass is 10.00. The second kappa shape index (κ2) is 3.78. The van der Waals surface area contributed by atoms with Crippen molar-refractivity contribution in [1.29, 1.82) is 0 Å². The summed E-state index contributed by atoms with van der Waals surface area (Å²) in [6.07, 6.45) is 6.01. The van der Waals surface area contributed by atoms with Crippen LogP contribution in [0.4, 0.5) is 0 Å². The topological polar surface area (TPSA) is 41.6 Å². The Hall–Kier alpha value is -1.38. The Morgan fingerprint density at radius 3 is 3.14 bits per heavy atom. The van der Waals surface area contributed by atoms with Crippen molar-refractivity contribution in [2.45, 2.75) is 32.6 Å². The second-order valence-corrected chi connectivity index (χ2v) is 3.72. The summed E-state index contributed by atoms with van der Waals surface area (Å²) in [5.41, 5.74) is 2.20. The summed E-state index contributed by atoms with van der Waals surface area (Å²) < 4.78 is 0. The number of hydrogen-bond donors (Lipinski definition) is 1. The van der Waals surface area contributed by atoms with E-state index in [9.17, 15) is 0 Å². The zero-order valence-electron chi connectivity index (χ0n) is 8.62. The Balaban J connectivity index is 2.42. The summed E-state index contributed by atoms with van der Waals surface area (Å²) in [4.78, 5) is 4.05. The Morgan fingerprint density at radius 2 is 2.36 bits per heavy atom. The smallest absolute Gasteiger partial charge is 0.111 e. The zero-order valence-corrected chi connectivity index (χ0v) is 8.62. The maximum absolute atomic E-state index is 4.23. The monoisotopic (exact) mass is 189 g/mol. The van der Waals surface area contributed by atoms with Gasteiger partial charge in [0, 0.05) is 17.3 Å². The molecular weight excluding hydrogens is 174 g/mol. The van der Waals surface area contributed by atoms with Crippen molar-refractivity contribution in [1.82, 2.24) is 15.2 Å². The van der Waals surface area contributed by atoms with Gasteiger partial charge in [0.05, 0.1) is 6.20 Å². The minimum Gasteiger partial charge on any atom is -0.281 e. The molecule has 0 amide bonds. The van der Waals surface area contributed by atoms with Gasteiger partial charge in [0.15, 0.2) is 0 Å². The molecule has 1 N–H and O–H groups in total. The van der Waals surface area contributed by atoms with Crippen LogP contribution in [0.25, 0.3) is 10.9 Å². The Bertz CT molecular complexity index is 419. The molecule has 3 nitrogen and oxygen atoms in total. The highest BCUT2D eigenvalue weighted by Gasteiger charge is 2.11. The Kier molecular flexibility index (Phi) is 2.48. The van der Waals surface area contributed by atoms with E-state index in [0.717, 1.165) is 5.52 Å². The summed E-state index contributed by atoms with van der Waals surface area (Å²) in [6, 6.07) is 2.03. The molecule has 2 rings (SSSR count). The predicted octanol–water partition coefficient (Wildman–Crippen LogP) is 2.86. The molecule has 2 heterocycles. The highest BCUT2D eigenvalue weighted by molar-refractivity contribution is 5.80. The van der Waals surface area contributed by atoms with Crippen LogP contribution in [0, 0.1) is 0 Å². The summed E-state index contributed by atoms with van der Waals surface area (Å²) in [6.45, 7) is 4.44. The van der Waals surface area contributed by atoms with Gasteiger partial charge in [0.2, 0.25) is 0 Å². The molecule has 74 valence electrons. The minimum atomic E-state index is 0.549. The summed E-state index contributed by atoms with van der Waals surface area (Å²) in [7, 11) is 0. The third-order valence-corrected chi connectivity index (χ3v) is 2.60. The number of aromatic nitrogens is 3. The van der Waals surface area contributed by atoms with Crippen molar-refractivity contribution >= 4 is 10.9 Å². The molecule has 0 radical (unpaired) electrons. The van der Waals surface area contributed by atoms with Gasteiger partial charge in [0.1, 0.15) is 5.52 Å². The van der Waals surface area contributed by atoms with Gasteiger partial charge in [-0.25, -0.2) is 0 Å². The van der Waals surface area contributed by atoms with Crippen molar-refractivity contribution < 1.29 is 0 Å². The number of aromatic amines is 1. The molecule has 0 aliphatic carbocycles. The van der Waals surface area contributed by atoms with E-state index in [1.54, 1.807) is 6.20 Å². The summed E-state index contributed by atoms with van der Waals surface area (Å²) in [5, 5.41) is 8.55. The third-order valence-electron chi connectivity index (χ3n) is 2.60. The van der Waals surface area contributed by atoms with Gasteiger partial charge < -0.3 is 0 Å². The van der Waals surface area contributed by atoms with Crippen molar-refractivity contribution in [3.05, 3.63) is 24.2 Å². The van der Waals surface area contributed by atoms with Gasteiger partial charge in [-0.2, -0.15) is 5.10 Å². The molecule has 1 unspecified atom stereocenters. The van der Waals surface area contributed by atoms with Gasteiger partial charge in [-0.05, 0) is 18.4 Å². The molecule has 0 fully saturated rings. The molecule has 2 aromatic rings. The molecule has 0 aliphatic rings. The van der Waals surface area contributed by atoms with Crippen LogP contribution in [0.1, 0.15) is 38.3 Å². The van der Waals surface area contributed by atoms with E-state index < -0.39 is 0 Å². The standard InChI is InChI=1S/C11H15N3/c1-3-4-8(2)11-9-5-6-12-7-10(9)13-14-11/h5-8H,3-4H2,1-2H3,(H,13,14). The fourth-order valence-electron chi connectivity index (χ4n) is 1.84. The van der Waals surface area contributed by atoms with Crippen molar-refractivity contribution in [2.75, 3.05) is 0 Å². The highest BCUT2D eigenvalue weighted by atomic mass is 15.1. The molecule has 0 aliphatic heterocycles. The largest absolute Gasteiger partial charge is 0.281 e. The van der Waals surface area contributed by atoms with Crippen molar-refractivity contribution in [3.8, 4) is 0 Å². The van der Waals surface area contributed by atoms with Gasteiger partial charge in [-0.3, -0.25) is 10.1 Å². The van der Waals surface area contributed by atoms with E-state index in [1.165, 1.54) is 23.9 Å². The van der Waals surface area contributed by atoms with E-state index in [4.69, 9.17) is 0 Å². The molecule has 0 saturated heterocycles. The maximum atomic E-state index is 4.23. The second-order valence-electron chi connectivity index (χ2n) is 3.72. The molecule has 0 aromatic carbocycles. The first-order chi connectivity index (χ1) is 6.83. The quantitative estimate of drug-likeness (QED) is 0.806. The van der Waals surface area contributed by atoms with Gasteiger partial charge >= 0.3 is 0 Å². The molecule has 0 spiro atoms. The molecule has 0 bridgehead atoms. The predicted molar refractivity (Wildman–Crippen MR) is 57.2 cm³/mol. The van der Waals surface area contributed by atoms with Crippen LogP contribution in [-0.4, -0.2) is 15.2 Å². The Morgan fingerprint density at radius 1 is 1.50 bits per heavy atom. The minimum absolute atomic E-state index is 0.549. The number of H-pyrrole nitrogens is 1. The molecule has 3 heteroatoms. The van der Waals surface area contributed by atoms with Crippen molar-refractivity contribution in [2.24, 2.45) is 0 Å². The lowest BCUT2D eigenvalue weighted by molar-refractivity contribution is 0.648.